The standard InChI is InChI=1S/C19H21N3O2S/c1-20-18(23)11-21-12-19(24)22-15-9-5-6-10-17(15)25-13-16(22)14-7-3-2-4-8-14/h2-10,16,21H,11-13H2,1H3,(H,20,23)/p+1/t16-/m0/s1. The van der Waals surface area contributed by atoms with E-state index in [9.17, 15) is 9.59 Å². The molecule has 3 N–H and O–H groups in total. The Hall–Kier alpha value is -2.31. The number of hydrogen-bond acceptors (Lipinski definition) is 3. The van der Waals surface area contributed by atoms with E-state index in [1.807, 2.05) is 41.3 Å². The van der Waals surface area contributed by atoms with Gasteiger partial charge in [-0.05, 0) is 17.7 Å². The Morgan fingerprint density at radius 2 is 1.84 bits per heavy atom. The molecule has 1 aliphatic rings. The molecule has 25 heavy (non-hydrogen) atoms. The topological polar surface area (TPSA) is 66.0 Å². The molecule has 0 aliphatic carbocycles. The third-order valence-corrected chi connectivity index (χ3v) is 5.35. The van der Waals surface area contributed by atoms with Crippen LogP contribution in [0.25, 0.3) is 0 Å². The van der Waals surface area contributed by atoms with Gasteiger partial charge >= 0.3 is 0 Å². The number of anilines is 1. The molecule has 0 saturated heterocycles. The highest BCUT2D eigenvalue weighted by Crippen LogP contribution is 2.42. The van der Waals surface area contributed by atoms with Crippen molar-refractivity contribution in [3.05, 3.63) is 60.2 Å². The summed E-state index contributed by atoms with van der Waals surface area (Å²) in [7, 11) is 1.60. The van der Waals surface area contributed by atoms with Gasteiger partial charge in [-0.2, -0.15) is 0 Å². The van der Waals surface area contributed by atoms with Crippen molar-refractivity contribution in [2.75, 3.05) is 30.8 Å². The van der Waals surface area contributed by atoms with Crippen LogP contribution in [0.15, 0.2) is 59.5 Å². The molecule has 130 valence electrons. The summed E-state index contributed by atoms with van der Waals surface area (Å²) in [5.74, 6) is 0.759. The van der Waals surface area contributed by atoms with Gasteiger partial charge in [0.25, 0.3) is 11.8 Å². The van der Waals surface area contributed by atoms with Crippen LogP contribution in [0.3, 0.4) is 0 Å². The summed E-state index contributed by atoms with van der Waals surface area (Å²) < 4.78 is 0. The van der Waals surface area contributed by atoms with E-state index in [0.29, 0.717) is 0 Å². The summed E-state index contributed by atoms with van der Waals surface area (Å²) in [5, 5.41) is 4.31. The lowest BCUT2D eigenvalue weighted by atomic mass is 10.1. The summed E-state index contributed by atoms with van der Waals surface area (Å²) in [6.07, 6.45) is 0. The molecule has 1 aliphatic heterocycles. The fraction of sp³-hybridized carbons (Fsp3) is 0.263. The first-order valence-corrected chi connectivity index (χ1v) is 9.30. The lowest BCUT2D eigenvalue weighted by Gasteiger charge is -2.36. The zero-order valence-electron chi connectivity index (χ0n) is 14.1. The van der Waals surface area contributed by atoms with E-state index in [2.05, 4.69) is 23.5 Å². The van der Waals surface area contributed by atoms with Gasteiger partial charge in [-0.3, -0.25) is 14.5 Å². The van der Waals surface area contributed by atoms with E-state index >= 15 is 0 Å². The predicted octanol–water partition coefficient (Wildman–Crippen LogP) is 1.18. The van der Waals surface area contributed by atoms with Crippen LogP contribution >= 0.6 is 11.8 Å². The number of amides is 2. The number of para-hydroxylation sites is 1. The lowest BCUT2D eigenvalue weighted by Crippen LogP contribution is -2.88. The highest BCUT2D eigenvalue weighted by atomic mass is 32.2. The fourth-order valence-electron chi connectivity index (χ4n) is 2.95. The van der Waals surface area contributed by atoms with Gasteiger partial charge in [-0.15, -0.1) is 11.8 Å². The molecule has 0 saturated carbocycles. The van der Waals surface area contributed by atoms with Crippen molar-refractivity contribution in [2.45, 2.75) is 10.9 Å². The fourth-order valence-corrected chi connectivity index (χ4v) is 4.11. The van der Waals surface area contributed by atoms with Crippen LogP contribution in [-0.4, -0.2) is 37.7 Å². The lowest BCUT2D eigenvalue weighted by molar-refractivity contribution is -0.632. The Labute approximate surface area is 151 Å². The van der Waals surface area contributed by atoms with Crippen LogP contribution in [0.5, 0.6) is 0 Å². The largest absolute Gasteiger partial charge is 0.354 e. The van der Waals surface area contributed by atoms with Crippen LogP contribution in [-0.2, 0) is 9.59 Å². The second kappa shape index (κ2) is 8.18. The first-order chi connectivity index (χ1) is 12.2. The molecule has 1 heterocycles. The van der Waals surface area contributed by atoms with Crippen molar-refractivity contribution in [3.63, 3.8) is 0 Å². The molecular weight excluding hydrogens is 334 g/mol. The van der Waals surface area contributed by atoms with Gasteiger partial charge in [0.05, 0.1) is 11.7 Å². The molecule has 0 aromatic heterocycles. The van der Waals surface area contributed by atoms with Gasteiger partial charge < -0.3 is 10.6 Å². The maximum atomic E-state index is 13.0. The van der Waals surface area contributed by atoms with Crippen LogP contribution in [0.2, 0.25) is 0 Å². The van der Waals surface area contributed by atoms with E-state index in [4.69, 9.17) is 0 Å². The molecule has 0 spiro atoms. The van der Waals surface area contributed by atoms with Gasteiger partial charge in [0, 0.05) is 17.7 Å². The summed E-state index contributed by atoms with van der Waals surface area (Å²) in [4.78, 5) is 27.4. The number of rotatable bonds is 5. The highest BCUT2D eigenvalue weighted by Gasteiger charge is 2.32. The number of nitrogens with two attached hydrogens (primary N) is 1. The Kier molecular flexibility index (Phi) is 5.73. The monoisotopic (exact) mass is 356 g/mol. The summed E-state index contributed by atoms with van der Waals surface area (Å²) in [6, 6.07) is 18.1. The Morgan fingerprint density at radius 3 is 2.60 bits per heavy atom. The van der Waals surface area contributed by atoms with Gasteiger partial charge in [0.1, 0.15) is 0 Å². The van der Waals surface area contributed by atoms with E-state index in [-0.39, 0.29) is 30.9 Å². The summed E-state index contributed by atoms with van der Waals surface area (Å²) >= 11 is 1.78. The van der Waals surface area contributed by atoms with Crippen LogP contribution < -0.4 is 15.5 Å². The second-order valence-electron chi connectivity index (χ2n) is 5.84. The molecule has 6 heteroatoms. The van der Waals surface area contributed by atoms with E-state index < -0.39 is 0 Å². The number of carbonyl (C=O) groups is 2. The smallest absolute Gasteiger partial charge is 0.282 e. The van der Waals surface area contributed by atoms with Crippen molar-refractivity contribution in [1.29, 1.82) is 0 Å². The van der Waals surface area contributed by atoms with Crippen molar-refractivity contribution in [2.24, 2.45) is 0 Å². The average molecular weight is 356 g/mol. The first kappa shape index (κ1) is 17.5. The van der Waals surface area contributed by atoms with Gasteiger partial charge in [0.2, 0.25) is 0 Å². The zero-order valence-corrected chi connectivity index (χ0v) is 15.0. The molecule has 2 amide bonds. The third-order valence-electron chi connectivity index (χ3n) is 4.21. The number of thioether (sulfide) groups is 1. The van der Waals surface area contributed by atoms with Gasteiger partial charge in [-0.25, -0.2) is 0 Å². The van der Waals surface area contributed by atoms with Crippen LogP contribution in [0.1, 0.15) is 11.6 Å². The third kappa shape index (κ3) is 4.03. The molecule has 0 unspecified atom stereocenters. The zero-order chi connectivity index (χ0) is 17.6. The molecule has 3 rings (SSSR count). The number of nitrogens with one attached hydrogen (secondary N) is 1. The molecule has 0 bridgehead atoms. The minimum absolute atomic E-state index is 0.00185. The predicted molar refractivity (Wildman–Crippen MR) is 99.6 cm³/mol. The maximum Gasteiger partial charge on any atom is 0.282 e. The number of benzene rings is 2. The normalized spacial score (nSPS) is 16.2. The SMILES string of the molecule is CNC(=O)C[NH2+]CC(=O)N1c2ccccc2SC[C@H]1c1ccccc1. The number of hydrogen-bond donors (Lipinski definition) is 2. The number of quaternary nitrogens is 1. The molecule has 2 aromatic rings. The van der Waals surface area contributed by atoms with E-state index in [1.54, 1.807) is 24.1 Å². The number of likely N-dealkylation sites (N-methyl/N-ethyl adjacent to an activating group) is 1. The minimum atomic E-state index is -0.0815. The van der Waals surface area contributed by atoms with Crippen molar-refractivity contribution < 1.29 is 14.9 Å². The number of nitrogens with zero attached hydrogens (tertiary/aromatic N) is 1. The Morgan fingerprint density at radius 1 is 1.12 bits per heavy atom. The quantitative estimate of drug-likeness (QED) is 0.845. The summed E-state index contributed by atoms with van der Waals surface area (Å²) in [6.45, 7) is 0.498. The Bertz CT molecular complexity index is 751. The highest BCUT2D eigenvalue weighted by molar-refractivity contribution is 7.99. The molecule has 2 aromatic carbocycles. The van der Waals surface area contributed by atoms with Crippen LogP contribution in [0.4, 0.5) is 5.69 Å². The molecule has 0 radical (unpaired) electrons. The van der Waals surface area contributed by atoms with Gasteiger partial charge in [0.15, 0.2) is 13.1 Å². The minimum Gasteiger partial charge on any atom is -0.354 e. The number of fused-ring (bicyclic) bond motifs is 1. The van der Waals surface area contributed by atoms with Crippen molar-refractivity contribution in [1.82, 2.24) is 5.32 Å². The summed E-state index contributed by atoms with van der Waals surface area (Å²) in [5.41, 5.74) is 2.08. The number of carbonyl (C=O) groups excluding carboxylic acids is 2. The van der Waals surface area contributed by atoms with Crippen molar-refractivity contribution >= 4 is 29.3 Å². The van der Waals surface area contributed by atoms with Crippen LogP contribution in [0, 0.1) is 0 Å². The second-order valence-corrected chi connectivity index (χ2v) is 6.90. The van der Waals surface area contributed by atoms with Gasteiger partial charge in [-0.1, -0.05) is 42.5 Å². The molecular formula is C19H22N3O2S+. The Balaban J connectivity index is 1.84. The molecule has 1 atom stereocenters. The average Bonchev–Trinajstić information content (AvgIpc) is 2.67. The maximum absolute atomic E-state index is 13.0. The molecule has 5 nitrogen and oxygen atoms in total. The molecule has 0 fully saturated rings. The van der Waals surface area contributed by atoms with E-state index in [0.717, 1.165) is 21.9 Å². The van der Waals surface area contributed by atoms with Crippen molar-refractivity contribution in [3.8, 4) is 0 Å². The van der Waals surface area contributed by atoms with E-state index in [1.165, 1.54) is 0 Å². The first-order valence-electron chi connectivity index (χ1n) is 8.32.